The Morgan fingerprint density at radius 3 is 2.53 bits per heavy atom. The second-order valence-corrected chi connectivity index (χ2v) is 9.34. The lowest BCUT2D eigenvalue weighted by Crippen LogP contribution is -2.28. The molecule has 0 fully saturated rings. The van der Waals surface area contributed by atoms with Crippen molar-refractivity contribution in [3.63, 3.8) is 0 Å². The van der Waals surface area contributed by atoms with Crippen LogP contribution < -0.4 is 11.0 Å². The Kier molecular flexibility index (Phi) is 6.14. The zero-order valence-corrected chi connectivity index (χ0v) is 18.8. The first-order valence-electron chi connectivity index (χ1n) is 8.77. The summed E-state index contributed by atoms with van der Waals surface area (Å²) < 4.78 is 3.62. The van der Waals surface area contributed by atoms with Gasteiger partial charge in [-0.1, -0.05) is 64.5 Å². The smallest absolute Gasteiger partial charge is 0.299 e. The Hall–Kier alpha value is -2.33. The molecule has 154 valence electrons. The SMILES string of the molecule is Cn1c(=O)n(CC(=O)Nc2nnc(SCc3c(Cl)cccc3Cl)s2)c2ccccc21. The molecule has 0 bridgehead atoms. The van der Waals surface area contributed by atoms with Gasteiger partial charge in [-0.05, 0) is 29.8 Å². The Labute approximate surface area is 189 Å². The molecule has 30 heavy (non-hydrogen) atoms. The lowest BCUT2D eigenvalue weighted by atomic mass is 10.2. The number of hydrogen-bond donors (Lipinski definition) is 1. The standard InChI is InChI=1S/C19H15Cl2N5O2S2/c1-25-14-7-2-3-8-15(14)26(19(25)28)9-16(27)22-17-23-24-18(30-17)29-10-11-12(20)5-4-6-13(11)21/h2-8H,9-10H2,1H3,(H,22,23,27). The summed E-state index contributed by atoms with van der Waals surface area (Å²) in [6.07, 6.45) is 0. The van der Waals surface area contributed by atoms with Gasteiger partial charge >= 0.3 is 5.69 Å². The van der Waals surface area contributed by atoms with Crippen LogP contribution in [0.5, 0.6) is 0 Å². The number of para-hydroxylation sites is 2. The molecular weight excluding hydrogens is 465 g/mol. The highest BCUT2D eigenvalue weighted by molar-refractivity contribution is 8.00. The number of halogens is 2. The number of nitrogens with zero attached hydrogens (tertiary/aromatic N) is 4. The summed E-state index contributed by atoms with van der Waals surface area (Å²) in [7, 11) is 1.68. The highest BCUT2D eigenvalue weighted by Crippen LogP contribution is 2.33. The Morgan fingerprint density at radius 1 is 1.10 bits per heavy atom. The minimum absolute atomic E-state index is 0.114. The maximum Gasteiger partial charge on any atom is 0.329 e. The van der Waals surface area contributed by atoms with Crippen LogP contribution in [0.2, 0.25) is 10.0 Å². The van der Waals surface area contributed by atoms with E-state index in [0.29, 0.717) is 30.8 Å². The van der Waals surface area contributed by atoms with Gasteiger partial charge in [0.15, 0.2) is 4.34 Å². The monoisotopic (exact) mass is 479 g/mol. The molecule has 4 aromatic rings. The van der Waals surface area contributed by atoms with Crippen LogP contribution in [-0.4, -0.2) is 25.2 Å². The van der Waals surface area contributed by atoms with Crippen LogP contribution in [0, 0.1) is 0 Å². The van der Waals surface area contributed by atoms with Crippen molar-refractivity contribution in [1.29, 1.82) is 0 Å². The number of fused-ring (bicyclic) bond motifs is 1. The second kappa shape index (κ2) is 8.81. The van der Waals surface area contributed by atoms with Crippen molar-refractivity contribution in [2.24, 2.45) is 7.05 Å². The summed E-state index contributed by atoms with van der Waals surface area (Å²) >= 11 is 15.0. The van der Waals surface area contributed by atoms with E-state index in [-0.39, 0.29) is 18.1 Å². The third kappa shape index (κ3) is 4.24. The Bertz CT molecular complexity index is 1280. The maximum atomic E-state index is 12.5. The number of carbonyl (C=O) groups excluding carboxylic acids is 1. The van der Waals surface area contributed by atoms with Gasteiger partial charge in [-0.2, -0.15) is 0 Å². The number of hydrogen-bond acceptors (Lipinski definition) is 6. The molecule has 0 unspecified atom stereocenters. The van der Waals surface area contributed by atoms with Gasteiger partial charge in [0, 0.05) is 22.8 Å². The number of benzene rings is 2. The number of thioether (sulfide) groups is 1. The summed E-state index contributed by atoms with van der Waals surface area (Å²) in [6.45, 7) is -0.114. The molecule has 1 amide bonds. The molecule has 2 heterocycles. The van der Waals surface area contributed by atoms with Gasteiger partial charge in [0.1, 0.15) is 6.54 Å². The number of nitrogens with one attached hydrogen (secondary N) is 1. The predicted octanol–water partition coefficient (Wildman–Crippen LogP) is 4.43. The molecule has 2 aromatic heterocycles. The quantitative estimate of drug-likeness (QED) is 0.326. The molecule has 0 radical (unpaired) electrons. The number of imidazole rings is 1. The molecule has 7 nitrogen and oxygen atoms in total. The Balaban J connectivity index is 1.43. The van der Waals surface area contributed by atoms with Crippen molar-refractivity contribution < 1.29 is 4.79 Å². The number of rotatable bonds is 6. The third-order valence-electron chi connectivity index (χ3n) is 4.41. The van der Waals surface area contributed by atoms with Crippen molar-refractivity contribution >= 4 is 68.4 Å². The van der Waals surface area contributed by atoms with Crippen LogP contribution in [0.4, 0.5) is 5.13 Å². The summed E-state index contributed by atoms with van der Waals surface area (Å²) in [5, 5.41) is 12.3. The Morgan fingerprint density at radius 2 is 1.80 bits per heavy atom. The first kappa shape index (κ1) is 20.9. The molecular formula is C19H15Cl2N5O2S2. The first-order valence-corrected chi connectivity index (χ1v) is 11.3. The van der Waals surface area contributed by atoms with Crippen LogP contribution >= 0.6 is 46.3 Å². The van der Waals surface area contributed by atoms with Crippen molar-refractivity contribution in [2.45, 2.75) is 16.6 Å². The number of aryl methyl sites for hydroxylation is 1. The molecule has 4 rings (SSSR count). The summed E-state index contributed by atoms with van der Waals surface area (Å²) in [5.74, 6) is 0.183. The van der Waals surface area contributed by atoms with Crippen molar-refractivity contribution in [1.82, 2.24) is 19.3 Å². The largest absolute Gasteiger partial charge is 0.329 e. The number of anilines is 1. The van der Waals surface area contributed by atoms with Gasteiger partial charge in [0.25, 0.3) is 0 Å². The van der Waals surface area contributed by atoms with Gasteiger partial charge in [-0.15, -0.1) is 10.2 Å². The van der Waals surface area contributed by atoms with Gasteiger partial charge in [0.05, 0.1) is 11.0 Å². The number of amides is 1. The van der Waals surface area contributed by atoms with E-state index < -0.39 is 0 Å². The zero-order chi connectivity index (χ0) is 21.3. The summed E-state index contributed by atoms with van der Waals surface area (Å²) in [5.41, 5.74) is 2.03. The summed E-state index contributed by atoms with van der Waals surface area (Å²) in [6, 6.07) is 12.7. The van der Waals surface area contributed by atoms with Crippen LogP contribution in [0.15, 0.2) is 51.6 Å². The highest BCUT2D eigenvalue weighted by Gasteiger charge is 2.15. The topological polar surface area (TPSA) is 81.8 Å². The maximum absolute atomic E-state index is 12.5. The van der Waals surface area contributed by atoms with Crippen molar-refractivity contribution in [3.05, 3.63) is 68.6 Å². The van der Waals surface area contributed by atoms with E-state index in [0.717, 1.165) is 11.1 Å². The van der Waals surface area contributed by atoms with Crippen LogP contribution in [0.3, 0.4) is 0 Å². The first-order chi connectivity index (χ1) is 14.4. The molecule has 0 atom stereocenters. The summed E-state index contributed by atoms with van der Waals surface area (Å²) in [4.78, 5) is 24.9. The van der Waals surface area contributed by atoms with Crippen molar-refractivity contribution in [2.75, 3.05) is 5.32 Å². The van der Waals surface area contributed by atoms with Crippen LogP contribution in [0.25, 0.3) is 11.0 Å². The molecule has 1 N–H and O–H groups in total. The normalized spacial score (nSPS) is 11.2. The fourth-order valence-electron chi connectivity index (χ4n) is 2.94. The molecule has 2 aromatic carbocycles. The van der Waals surface area contributed by atoms with Crippen molar-refractivity contribution in [3.8, 4) is 0 Å². The average molecular weight is 480 g/mol. The van der Waals surface area contributed by atoms with E-state index in [1.54, 1.807) is 25.2 Å². The fraction of sp³-hybridized carbons (Fsp3) is 0.158. The molecule has 11 heteroatoms. The van der Waals surface area contributed by atoms with E-state index in [1.165, 1.54) is 32.2 Å². The molecule has 0 aliphatic rings. The minimum atomic E-state index is -0.352. The predicted molar refractivity (Wildman–Crippen MR) is 122 cm³/mol. The van der Waals surface area contributed by atoms with Crippen LogP contribution in [-0.2, 0) is 24.1 Å². The van der Waals surface area contributed by atoms with E-state index in [9.17, 15) is 9.59 Å². The average Bonchev–Trinajstić information content (AvgIpc) is 3.26. The molecule has 0 saturated heterocycles. The zero-order valence-electron chi connectivity index (χ0n) is 15.6. The number of carbonyl (C=O) groups is 1. The van der Waals surface area contributed by atoms with E-state index >= 15 is 0 Å². The molecule has 0 aliphatic heterocycles. The molecule has 0 saturated carbocycles. The van der Waals surface area contributed by atoms with Crippen LogP contribution in [0.1, 0.15) is 5.56 Å². The minimum Gasteiger partial charge on any atom is -0.299 e. The third-order valence-corrected chi connectivity index (χ3v) is 7.11. The van der Waals surface area contributed by atoms with E-state index in [4.69, 9.17) is 23.2 Å². The van der Waals surface area contributed by atoms with E-state index in [1.807, 2.05) is 24.3 Å². The van der Waals surface area contributed by atoms with Gasteiger partial charge < -0.3 is 0 Å². The highest BCUT2D eigenvalue weighted by atomic mass is 35.5. The lowest BCUT2D eigenvalue weighted by molar-refractivity contribution is -0.116. The number of aromatic nitrogens is 4. The fourth-order valence-corrected chi connectivity index (χ4v) is 5.45. The van der Waals surface area contributed by atoms with E-state index in [2.05, 4.69) is 15.5 Å². The van der Waals surface area contributed by atoms with Gasteiger partial charge in [-0.3, -0.25) is 19.2 Å². The van der Waals surface area contributed by atoms with Gasteiger partial charge in [-0.25, -0.2) is 4.79 Å². The second-order valence-electron chi connectivity index (χ2n) is 6.33. The lowest BCUT2D eigenvalue weighted by Gasteiger charge is -2.04. The van der Waals surface area contributed by atoms with Gasteiger partial charge in [0.2, 0.25) is 11.0 Å². The molecule has 0 spiro atoms. The molecule has 0 aliphatic carbocycles.